The maximum atomic E-state index is 5.99. The summed E-state index contributed by atoms with van der Waals surface area (Å²) in [5, 5.41) is 9.75. The third kappa shape index (κ3) is 3.03. The second-order valence-electron chi connectivity index (χ2n) is 7.14. The van der Waals surface area contributed by atoms with Gasteiger partial charge in [0.2, 0.25) is 5.89 Å². The van der Waals surface area contributed by atoms with Gasteiger partial charge in [-0.3, -0.25) is 0 Å². The molecule has 0 spiro atoms. The summed E-state index contributed by atoms with van der Waals surface area (Å²) >= 11 is 0. The Hall–Kier alpha value is -2.88. The van der Waals surface area contributed by atoms with Crippen LogP contribution < -0.4 is 0 Å². The van der Waals surface area contributed by atoms with Crippen molar-refractivity contribution in [1.29, 1.82) is 0 Å². The molecule has 0 aliphatic rings. The monoisotopic (exact) mass is 345 g/mol. The molecule has 4 aromatic rings. The molecule has 0 saturated carbocycles. The average molecular weight is 345 g/mol. The van der Waals surface area contributed by atoms with Crippen molar-refractivity contribution in [2.45, 2.75) is 33.2 Å². The van der Waals surface area contributed by atoms with Gasteiger partial charge >= 0.3 is 0 Å². The van der Waals surface area contributed by atoms with Crippen LogP contribution in [0.4, 0.5) is 0 Å². The van der Waals surface area contributed by atoms with Crippen molar-refractivity contribution in [2.24, 2.45) is 5.92 Å². The van der Waals surface area contributed by atoms with Crippen LogP contribution >= 0.6 is 0 Å². The Kier molecular flexibility index (Phi) is 4.33. The van der Waals surface area contributed by atoms with Crippen molar-refractivity contribution in [3.05, 3.63) is 72.1 Å². The summed E-state index contributed by atoms with van der Waals surface area (Å²) in [5.41, 5.74) is 3.38. The SMILES string of the molecule is CC(C)Cc1nnc(-c2cc3ccccc3n2C(C)c2ccccc2)o1. The maximum Gasteiger partial charge on any atom is 0.264 e. The normalized spacial score (nSPS) is 12.8. The Morgan fingerprint density at radius 1 is 0.923 bits per heavy atom. The minimum atomic E-state index is 0.159. The minimum Gasteiger partial charge on any atom is -0.419 e. The van der Waals surface area contributed by atoms with E-state index in [9.17, 15) is 0 Å². The molecule has 0 amide bonds. The molecule has 2 heterocycles. The number of hydrogen-bond acceptors (Lipinski definition) is 3. The number of hydrogen-bond donors (Lipinski definition) is 0. The van der Waals surface area contributed by atoms with Crippen molar-refractivity contribution in [3.8, 4) is 11.6 Å². The molecule has 132 valence electrons. The molecule has 2 aromatic carbocycles. The van der Waals surface area contributed by atoms with Crippen LogP contribution in [0, 0.1) is 5.92 Å². The number of rotatable bonds is 5. The molecule has 0 N–H and O–H groups in total. The smallest absolute Gasteiger partial charge is 0.264 e. The zero-order valence-electron chi connectivity index (χ0n) is 15.4. The largest absolute Gasteiger partial charge is 0.419 e. The predicted octanol–water partition coefficient (Wildman–Crippen LogP) is 5.50. The van der Waals surface area contributed by atoms with E-state index in [0.717, 1.165) is 12.1 Å². The lowest BCUT2D eigenvalue weighted by Crippen LogP contribution is -2.08. The lowest BCUT2D eigenvalue weighted by Gasteiger charge is -2.18. The van der Waals surface area contributed by atoms with E-state index in [2.05, 4.69) is 90.1 Å². The summed E-state index contributed by atoms with van der Waals surface area (Å²) in [7, 11) is 0. The van der Waals surface area contributed by atoms with Gasteiger partial charge in [0.15, 0.2) is 0 Å². The first-order valence-corrected chi connectivity index (χ1v) is 9.11. The molecule has 0 aliphatic carbocycles. The van der Waals surface area contributed by atoms with Gasteiger partial charge in [0.1, 0.15) is 5.69 Å². The van der Waals surface area contributed by atoms with Crippen molar-refractivity contribution >= 4 is 10.9 Å². The van der Waals surface area contributed by atoms with Crippen LogP contribution in [0.3, 0.4) is 0 Å². The Morgan fingerprint density at radius 2 is 1.65 bits per heavy atom. The van der Waals surface area contributed by atoms with Crippen molar-refractivity contribution in [3.63, 3.8) is 0 Å². The number of nitrogens with zero attached hydrogens (tertiary/aromatic N) is 3. The number of fused-ring (bicyclic) bond motifs is 1. The molecule has 4 nitrogen and oxygen atoms in total. The molecule has 1 unspecified atom stereocenters. The highest BCUT2D eigenvalue weighted by molar-refractivity contribution is 5.86. The molecule has 4 rings (SSSR count). The van der Waals surface area contributed by atoms with E-state index in [-0.39, 0.29) is 6.04 Å². The van der Waals surface area contributed by atoms with Gasteiger partial charge in [0, 0.05) is 17.3 Å². The molecule has 1 atom stereocenters. The van der Waals surface area contributed by atoms with Gasteiger partial charge in [-0.15, -0.1) is 10.2 Å². The van der Waals surface area contributed by atoms with E-state index in [1.54, 1.807) is 0 Å². The van der Waals surface area contributed by atoms with Gasteiger partial charge in [-0.05, 0) is 30.5 Å². The van der Waals surface area contributed by atoms with E-state index >= 15 is 0 Å². The molecule has 0 radical (unpaired) electrons. The molecule has 4 heteroatoms. The molecule has 0 bridgehead atoms. The van der Waals surface area contributed by atoms with Gasteiger partial charge in [0.25, 0.3) is 5.89 Å². The highest BCUT2D eigenvalue weighted by atomic mass is 16.4. The van der Waals surface area contributed by atoms with Crippen LogP contribution in [-0.4, -0.2) is 14.8 Å². The number of aromatic nitrogens is 3. The van der Waals surface area contributed by atoms with Crippen LogP contribution in [0.15, 0.2) is 65.1 Å². The van der Waals surface area contributed by atoms with Crippen molar-refractivity contribution < 1.29 is 4.42 Å². The Balaban J connectivity index is 1.85. The summed E-state index contributed by atoms with van der Waals surface area (Å²) in [6.45, 7) is 6.51. The molecule has 0 saturated heterocycles. The van der Waals surface area contributed by atoms with Gasteiger partial charge < -0.3 is 8.98 Å². The minimum absolute atomic E-state index is 0.159. The summed E-state index contributed by atoms with van der Waals surface area (Å²) in [4.78, 5) is 0. The first-order valence-electron chi connectivity index (χ1n) is 9.11. The third-order valence-corrected chi connectivity index (χ3v) is 4.69. The van der Waals surface area contributed by atoms with E-state index in [0.29, 0.717) is 17.7 Å². The van der Waals surface area contributed by atoms with Crippen LogP contribution in [-0.2, 0) is 6.42 Å². The summed E-state index contributed by atoms with van der Waals surface area (Å²) in [5.74, 6) is 1.76. The van der Waals surface area contributed by atoms with Gasteiger partial charge in [-0.1, -0.05) is 62.4 Å². The number of para-hydroxylation sites is 1. The van der Waals surface area contributed by atoms with Crippen molar-refractivity contribution in [2.75, 3.05) is 0 Å². The zero-order chi connectivity index (χ0) is 18.1. The quantitative estimate of drug-likeness (QED) is 0.480. The maximum absolute atomic E-state index is 5.99. The van der Waals surface area contributed by atoms with E-state index in [4.69, 9.17) is 4.42 Å². The molecule has 0 aliphatic heterocycles. The van der Waals surface area contributed by atoms with Gasteiger partial charge in [-0.25, -0.2) is 0 Å². The van der Waals surface area contributed by atoms with Gasteiger partial charge in [0.05, 0.1) is 6.04 Å². The highest BCUT2D eigenvalue weighted by Gasteiger charge is 2.20. The van der Waals surface area contributed by atoms with Crippen LogP contribution in [0.2, 0.25) is 0 Å². The van der Waals surface area contributed by atoms with Gasteiger partial charge in [-0.2, -0.15) is 0 Å². The molecule has 26 heavy (non-hydrogen) atoms. The fraction of sp³-hybridized carbons (Fsp3) is 0.273. The van der Waals surface area contributed by atoms with Crippen LogP contribution in [0.1, 0.15) is 38.3 Å². The Bertz CT molecular complexity index is 1010. The lowest BCUT2D eigenvalue weighted by atomic mass is 10.1. The topological polar surface area (TPSA) is 43.9 Å². The average Bonchev–Trinajstić information content (AvgIpc) is 3.25. The highest BCUT2D eigenvalue weighted by Crippen LogP contribution is 2.33. The first-order chi connectivity index (χ1) is 12.6. The van der Waals surface area contributed by atoms with E-state index < -0.39 is 0 Å². The second-order valence-corrected chi connectivity index (χ2v) is 7.14. The van der Waals surface area contributed by atoms with E-state index in [1.165, 1.54) is 16.5 Å². The number of benzene rings is 2. The summed E-state index contributed by atoms with van der Waals surface area (Å²) < 4.78 is 8.28. The fourth-order valence-corrected chi connectivity index (χ4v) is 3.43. The molecular weight excluding hydrogens is 322 g/mol. The molecule has 0 fully saturated rings. The van der Waals surface area contributed by atoms with E-state index in [1.807, 2.05) is 6.07 Å². The van der Waals surface area contributed by atoms with Crippen LogP contribution in [0.25, 0.3) is 22.5 Å². The summed E-state index contributed by atoms with van der Waals surface area (Å²) in [6, 6.07) is 21.2. The fourth-order valence-electron chi connectivity index (χ4n) is 3.43. The standard InChI is InChI=1S/C22H23N3O/c1-15(2)13-21-23-24-22(26-21)20-14-18-11-7-8-12-19(18)25(20)16(3)17-9-5-4-6-10-17/h4-12,14-16H,13H2,1-3H3. The molecular formula is C22H23N3O. The zero-order valence-corrected chi connectivity index (χ0v) is 15.4. The Labute approximate surface area is 153 Å². The first kappa shape index (κ1) is 16.6. The van der Waals surface area contributed by atoms with Crippen molar-refractivity contribution in [1.82, 2.24) is 14.8 Å². The second kappa shape index (κ2) is 6.79. The van der Waals surface area contributed by atoms with Crippen LogP contribution in [0.5, 0.6) is 0 Å². The lowest BCUT2D eigenvalue weighted by molar-refractivity contribution is 0.462. The molecule has 2 aromatic heterocycles. The Morgan fingerprint density at radius 3 is 2.42 bits per heavy atom. The summed E-state index contributed by atoms with van der Waals surface area (Å²) in [6.07, 6.45) is 0.793. The predicted molar refractivity (Wildman–Crippen MR) is 104 cm³/mol. The third-order valence-electron chi connectivity index (χ3n) is 4.69.